The molecule has 1 aliphatic rings. The molecule has 1 aromatic carbocycles. The molecule has 3 rings (SSSR count). The maximum Gasteiger partial charge on any atom is 0.319 e. The van der Waals surface area contributed by atoms with Crippen molar-refractivity contribution in [3.05, 3.63) is 39.0 Å². The highest BCUT2D eigenvalue weighted by molar-refractivity contribution is 6.37. The first-order valence-electron chi connectivity index (χ1n) is 8.39. The largest absolute Gasteiger partial charge is 0.480 e. The number of aliphatic carboxylic acids is 1. The van der Waals surface area contributed by atoms with Crippen LogP contribution in [0, 0.1) is 5.41 Å². The molecule has 2 aromatic rings. The minimum atomic E-state index is -1.37. The Morgan fingerprint density at radius 1 is 1.14 bits per heavy atom. The molecule has 148 valence electrons. The van der Waals surface area contributed by atoms with E-state index < -0.39 is 17.3 Å². The maximum absolute atomic E-state index is 12.2. The van der Waals surface area contributed by atoms with Crippen LogP contribution in [0.5, 0.6) is 11.6 Å². The quantitative estimate of drug-likeness (QED) is 0.597. The van der Waals surface area contributed by atoms with E-state index in [1.165, 1.54) is 12.1 Å². The molecule has 0 saturated heterocycles. The van der Waals surface area contributed by atoms with Gasteiger partial charge in [0.25, 0.3) is 0 Å². The van der Waals surface area contributed by atoms with Crippen molar-refractivity contribution in [2.75, 3.05) is 5.32 Å². The average molecular weight is 445 g/mol. The van der Waals surface area contributed by atoms with Gasteiger partial charge in [0.15, 0.2) is 10.9 Å². The predicted molar refractivity (Wildman–Crippen MR) is 106 cm³/mol. The Morgan fingerprint density at radius 3 is 2.25 bits per heavy atom. The van der Waals surface area contributed by atoms with Crippen molar-refractivity contribution in [3.63, 3.8) is 0 Å². The van der Waals surface area contributed by atoms with E-state index in [4.69, 9.17) is 39.5 Å². The number of benzene rings is 1. The van der Waals surface area contributed by atoms with Gasteiger partial charge in [0.05, 0.1) is 10.0 Å². The van der Waals surface area contributed by atoms with Gasteiger partial charge in [0, 0.05) is 11.8 Å². The van der Waals surface area contributed by atoms with Gasteiger partial charge in [0.1, 0.15) is 5.41 Å². The summed E-state index contributed by atoms with van der Waals surface area (Å²) in [4.78, 5) is 23.5. The zero-order chi connectivity index (χ0) is 20.6. The summed E-state index contributed by atoms with van der Waals surface area (Å²) in [5.41, 5.74) is -0.351. The van der Waals surface area contributed by atoms with Crippen molar-refractivity contribution >= 4 is 52.4 Å². The molecule has 10 heteroatoms. The third kappa shape index (κ3) is 4.01. The normalized spacial score (nSPS) is 14.6. The van der Waals surface area contributed by atoms with Gasteiger partial charge >= 0.3 is 5.97 Å². The molecular formula is C18H16Cl3N3O4. The van der Waals surface area contributed by atoms with E-state index in [2.05, 4.69) is 15.5 Å². The number of carboxylic acids is 1. The number of hydrogen-bond acceptors (Lipinski definition) is 5. The second kappa shape index (κ2) is 7.73. The van der Waals surface area contributed by atoms with Gasteiger partial charge in [-0.05, 0) is 36.5 Å². The number of halogens is 3. The van der Waals surface area contributed by atoms with Crippen LogP contribution in [0.4, 0.5) is 5.69 Å². The van der Waals surface area contributed by atoms with Gasteiger partial charge in [-0.25, -0.2) is 0 Å². The van der Waals surface area contributed by atoms with Crippen molar-refractivity contribution < 1.29 is 19.4 Å². The molecule has 2 N–H and O–H groups in total. The van der Waals surface area contributed by atoms with E-state index in [1.54, 1.807) is 6.07 Å². The Bertz CT molecular complexity index is 938. The van der Waals surface area contributed by atoms with Crippen LogP contribution in [0.2, 0.25) is 15.2 Å². The number of carboxylic acid groups (broad SMARTS) is 1. The van der Waals surface area contributed by atoms with E-state index in [9.17, 15) is 14.7 Å². The van der Waals surface area contributed by atoms with Crippen LogP contribution in [-0.4, -0.2) is 27.2 Å². The molecular weight excluding hydrogens is 429 g/mol. The van der Waals surface area contributed by atoms with Crippen LogP contribution >= 0.6 is 34.8 Å². The first-order valence-corrected chi connectivity index (χ1v) is 9.52. The first kappa shape index (κ1) is 20.6. The summed E-state index contributed by atoms with van der Waals surface area (Å²) in [6.07, 6.45) is 0.592. The third-order valence-corrected chi connectivity index (χ3v) is 5.29. The summed E-state index contributed by atoms with van der Waals surface area (Å²) in [5.74, 6) is -1.35. The minimum Gasteiger partial charge on any atom is -0.480 e. The summed E-state index contributed by atoms with van der Waals surface area (Å²) in [5, 5.41) is 20.0. The molecule has 0 spiro atoms. The summed E-state index contributed by atoms with van der Waals surface area (Å²) < 4.78 is 5.66. The van der Waals surface area contributed by atoms with Crippen molar-refractivity contribution in [1.82, 2.24) is 10.2 Å². The standard InChI is InChI=1S/C18H16Cl3N3O4/c1-8(2)10-7-13(23-24-15(10)21)28-14-11(19)5-9(6-12(14)20)22-16(25)18(3-4-18)17(26)27/h5-8H,3-4H2,1-2H3,(H,22,25)(H,26,27). The van der Waals surface area contributed by atoms with Crippen LogP contribution in [0.3, 0.4) is 0 Å². The molecule has 0 bridgehead atoms. The third-order valence-electron chi connectivity index (χ3n) is 4.43. The fraction of sp³-hybridized carbons (Fsp3) is 0.333. The van der Waals surface area contributed by atoms with E-state index >= 15 is 0 Å². The first-order chi connectivity index (χ1) is 13.1. The smallest absolute Gasteiger partial charge is 0.319 e. The average Bonchev–Trinajstić information content (AvgIpc) is 3.41. The second-order valence-electron chi connectivity index (χ2n) is 6.80. The van der Waals surface area contributed by atoms with E-state index in [0.717, 1.165) is 5.56 Å². The lowest BCUT2D eigenvalue weighted by atomic mass is 10.1. The lowest BCUT2D eigenvalue weighted by molar-refractivity contribution is -0.147. The number of carbonyl (C=O) groups excluding carboxylic acids is 1. The zero-order valence-electron chi connectivity index (χ0n) is 14.9. The van der Waals surface area contributed by atoms with Crippen molar-refractivity contribution in [1.29, 1.82) is 0 Å². The fourth-order valence-corrected chi connectivity index (χ4v) is 3.45. The van der Waals surface area contributed by atoms with Gasteiger partial charge in [-0.1, -0.05) is 48.7 Å². The number of rotatable bonds is 6. The number of nitrogens with one attached hydrogen (secondary N) is 1. The van der Waals surface area contributed by atoms with E-state index in [0.29, 0.717) is 12.8 Å². The number of nitrogens with zero attached hydrogens (tertiary/aromatic N) is 2. The topological polar surface area (TPSA) is 101 Å². The van der Waals surface area contributed by atoms with Crippen LogP contribution in [0.1, 0.15) is 38.2 Å². The highest BCUT2D eigenvalue weighted by Crippen LogP contribution is 2.47. The van der Waals surface area contributed by atoms with Crippen LogP contribution in [-0.2, 0) is 9.59 Å². The van der Waals surface area contributed by atoms with Gasteiger partial charge in [-0.3, -0.25) is 9.59 Å². The highest BCUT2D eigenvalue weighted by atomic mass is 35.5. The molecule has 1 amide bonds. The molecule has 0 radical (unpaired) electrons. The molecule has 0 aliphatic heterocycles. The number of hydrogen-bond donors (Lipinski definition) is 2. The zero-order valence-corrected chi connectivity index (χ0v) is 17.2. The Labute approximate surface area is 176 Å². The van der Waals surface area contributed by atoms with Crippen molar-refractivity contribution in [3.8, 4) is 11.6 Å². The number of aromatic nitrogens is 2. The monoisotopic (exact) mass is 443 g/mol. The molecule has 1 heterocycles. The SMILES string of the molecule is CC(C)c1cc(Oc2c(Cl)cc(NC(=O)C3(C(=O)O)CC3)cc2Cl)nnc1Cl. The number of anilines is 1. The highest BCUT2D eigenvalue weighted by Gasteiger charge is 2.57. The Hall–Kier alpha value is -2.09. The summed E-state index contributed by atoms with van der Waals surface area (Å²) in [6, 6.07) is 4.49. The molecule has 7 nitrogen and oxygen atoms in total. The summed E-state index contributed by atoms with van der Waals surface area (Å²) in [6.45, 7) is 3.90. The molecule has 0 atom stereocenters. The lowest BCUT2D eigenvalue weighted by Gasteiger charge is -2.14. The van der Waals surface area contributed by atoms with Gasteiger partial charge < -0.3 is 15.2 Å². The predicted octanol–water partition coefficient (Wildman–Crippen LogP) is 5.16. The van der Waals surface area contributed by atoms with Crippen molar-refractivity contribution in [2.45, 2.75) is 32.6 Å². The molecule has 1 fully saturated rings. The van der Waals surface area contributed by atoms with Gasteiger partial charge in [-0.15, -0.1) is 10.2 Å². The van der Waals surface area contributed by atoms with E-state index in [1.807, 2.05) is 13.8 Å². The molecule has 28 heavy (non-hydrogen) atoms. The Kier molecular flexibility index (Phi) is 5.70. The summed E-state index contributed by atoms with van der Waals surface area (Å²) in [7, 11) is 0. The van der Waals surface area contributed by atoms with Crippen molar-refractivity contribution in [2.24, 2.45) is 5.41 Å². The van der Waals surface area contributed by atoms with Crippen LogP contribution < -0.4 is 10.1 Å². The minimum absolute atomic E-state index is 0.109. The lowest BCUT2D eigenvalue weighted by Crippen LogP contribution is -2.31. The number of carbonyl (C=O) groups is 2. The summed E-state index contributed by atoms with van der Waals surface area (Å²) >= 11 is 18.5. The van der Waals surface area contributed by atoms with Crippen LogP contribution in [0.15, 0.2) is 18.2 Å². The fourth-order valence-electron chi connectivity index (χ4n) is 2.58. The van der Waals surface area contributed by atoms with Gasteiger partial charge in [0.2, 0.25) is 11.8 Å². The van der Waals surface area contributed by atoms with E-state index in [-0.39, 0.29) is 38.4 Å². The van der Waals surface area contributed by atoms with Gasteiger partial charge in [-0.2, -0.15) is 0 Å². The molecule has 1 aromatic heterocycles. The number of ether oxygens (including phenoxy) is 1. The second-order valence-corrected chi connectivity index (χ2v) is 7.97. The molecule has 1 saturated carbocycles. The Balaban J connectivity index is 1.82. The number of amides is 1. The van der Waals surface area contributed by atoms with Crippen LogP contribution in [0.25, 0.3) is 0 Å². The molecule has 1 aliphatic carbocycles. The maximum atomic E-state index is 12.2. The molecule has 0 unspecified atom stereocenters. The Morgan fingerprint density at radius 2 is 1.75 bits per heavy atom.